The van der Waals surface area contributed by atoms with Gasteiger partial charge in [0, 0.05) is 24.7 Å². The molecule has 1 aromatic heterocycles. The molecule has 0 aliphatic rings. The van der Waals surface area contributed by atoms with Gasteiger partial charge in [-0.15, -0.1) is 0 Å². The average Bonchev–Trinajstić information content (AvgIpc) is 2.44. The highest BCUT2D eigenvalue weighted by Crippen LogP contribution is 2.14. The zero-order valence-corrected chi connectivity index (χ0v) is 10.8. The number of nitrogens with one attached hydrogen (secondary N) is 1. The van der Waals surface area contributed by atoms with E-state index in [1.54, 1.807) is 6.20 Å². The second-order valence-electron chi connectivity index (χ2n) is 3.77. The topological polar surface area (TPSA) is 46.9 Å². The van der Waals surface area contributed by atoms with E-state index in [2.05, 4.69) is 26.3 Å². The summed E-state index contributed by atoms with van der Waals surface area (Å²) in [4.78, 5) is 11.4. The fraction of sp³-hybridized carbons (Fsp3) is 0.600. The molecular weight excluding hydrogens is 258 g/mol. The lowest BCUT2D eigenvalue weighted by Crippen LogP contribution is -2.30. The van der Waals surface area contributed by atoms with Gasteiger partial charge in [-0.1, -0.05) is 0 Å². The van der Waals surface area contributed by atoms with Gasteiger partial charge in [0.1, 0.15) is 0 Å². The number of carbonyl (C=O) groups is 1. The number of hydrogen-bond acceptors (Lipinski definition) is 2. The number of nitrogens with zero attached hydrogens (tertiary/aromatic N) is 2. The molecule has 0 spiro atoms. The summed E-state index contributed by atoms with van der Waals surface area (Å²) < 4.78 is 2.80. The van der Waals surface area contributed by atoms with E-state index in [4.69, 9.17) is 0 Å². The Hall–Kier alpha value is -0.840. The first-order valence-electron chi connectivity index (χ1n) is 4.98. The van der Waals surface area contributed by atoms with Crippen LogP contribution in [0.2, 0.25) is 0 Å². The predicted molar refractivity (Wildman–Crippen MR) is 62.6 cm³/mol. The van der Waals surface area contributed by atoms with E-state index in [0.717, 1.165) is 10.2 Å². The Bertz CT molecular complexity index is 346. The molecule has 0 radical (unpaired) electrons. The lowest BCUT2D eigenvalue weighted by Gasteiger charge is -2.08. The van der Waals surface area contributed by atoms with Crippen LogP contribution in [-0.2, 0) is 11.3 Å². The van der Waals surface area contributed by atoms with Gasteiger partial charge >= 0.3 is 0 Å². The first-order chi connectivity index (χ1) is 7.00. The van der Waals surface area contributed by atoms with Crippen molar-refractivity contribution in [3.63, 3.8) is 0 Å². The van der Waals surface area contributed by atoms with Gasteiger partial charge in [-0.05, 0) is 36.7 Å². The lowest BCUT2D eigenvalue weighted by atomic mass is 10.3. The Kier molecular flexibility index (Phi) is 4.32. The molecule has 4 nitrogen and oxygen atoms in total. The van der Waals surface area contributed by atoms with Gasteiger partial charge in [0.25, 0.3) is 0 Å². The fourth-order valence-corrected chi connectivity index (χ4v) is 1.55. The van der Waals surface area contributed by atoms with Crippen LogP contribution in [0.25, 0.3) is 0 Å². The van der Waals surface area contributed by atoms with Gasteiger partial charge in [-0.2, -0.15) is 5.10 Å². The summed E-state index contributed by atoms with van der Waals surface area (Å²) in [5.41, 5.74) is 1.05. The number of amides is 1. The summed E-state index contributed by atoms with van der Waals surface area (Å²) in [7, 11) is 0. The van der Waals surface area contributed by atoms with E-state index in [9.17, 15) is 4.79 Å². The third-order valence-corrected chi connectivity index (χ3v) is 2.82. The van der Waals surface area contributed by atoms with Gasteiger partial charge < -0.3 is 5.32 Å². The summed E-state index contributed by atoms with van der Waals surface area (Å²) in [6, 6.07) is 0.197. The molecule has 84 valence electrons. The highest BCUT2D eigenvalue weighted by molar-refractivity contribution is 9.10. The predicted octanol–water partition coefficient (Wildman–Crippen LogP) is 1.87. The highest BCUT2D eigenvalue weighted by atomic mass is 79.9. The van der Waals surface area contributed by atoms with Crippen molar-refractivity contribution in [3.8, 4) is 0 Å². The maximum Gasteiger partial charge on any atom is 0.222 e. The fourth-order valence-electron chi connectivity index (χ4n) is 1.25. The Morgan fingerprint density at radius 2 is 2.33 bits per heavy atom. The van der Waals surface area contributed by atoms with Crippen molar-refractivity contribution in [1.82, 2.24) is 15.1 Å². The van der Waals surface area contributed by atoms with Gasteiger partial charge in [-0.25, -0.2) is 0 Å². The molecule has 0 saturated heterocycles. The molecule has 0 atom stereocenters. The Morgan fingerprint density at radius 1 is 1.67 bits per heavy atom. The molecule has 1 heterocycles. The number of rotatable bonds is 4. The van der Waals surface area contributed by atoms with Crippen LogP contribution in [0.3, 0.4) is 0 Å². The monoisotopic (exact) mass is 273 g/mol. The summed E-state index contributed by atoms with van der Waals surface area (Å²) in [6.45, 7) is 6.49. The van der Waals surface area contributed by atoms with Crippen LogP contribution in [0.4, 0.5) is 0 Å². The number of carbonyl (C=O) groups excluding carboxylic acids is 1. The second kappa shape index (κ2) is 5.30. The molecule has 15 heavy (non-hydrogen) atoms. The molecule has 0 aliphatic heterocycles. The molecular formula is C10H16BrN3O. The first-order valence-corrected chi connectivity index (χ1v) is 5.77. The van der Waals surface area contributed by atoms with Gasteiger partial charge in [0.15, 0.2) is 0 Å². The SMILES string of the molecule is Cc1c(Br)cnn1CCC(=O)NC(C)C. The van der Waals surface area contributed by atoms with Crippen molar-refractivity contribution in [1.29, 1.82) is 0 Å². The number of hydrogen-bond donors (Lipinski definition) is 1. The van der Waals surface area contributed by atoms with Crippen LogP contribution < -0.4 is 5.32 Å². The molecule has 0 aromatic carbocycles. The second-order valence-corrected chi connectivity index (χ2v) is 4.63. The summed E-state index contributed by atoms with van der Waals surface area (Å²) in [5, 5.41) is 7.00. The van der Waals surface area contributed by atoms with E-state index in [1.165, 1.54) is 0 Å². The van der Waals surface area contributed by atoms with Crippen LogP contribution in [0, 0.1) is 6.92 Å². The van der Waals surface area contributed by atoms with E-state index in [1.807, 2.05) is 25.5 Å². The van der Waals surface area contributed by atoms with Crippen molar-refractivity contribution in [2.45, 2.75) is 39.8 Å². The standard InChI is InChI=1S/C10H16BrN3O/c1-7(2)13-10(15)4-5-14-8(3)9(11)6-12-14/h6-7H,4-5H2,1-3H3,(H,13,15). The smallest absolute Gasteiger partial charge is 0.222 e. The molecule has 1 N–H and O–H groups in total. The molecule has 1 aromatic rings. The summed E-state index contributed by atoms with van der Waals surface area (Å²) >= 11 is 3.38. The third-order valence-electron chi connectivity index (χ3n) is 2.04. The molecule has 1 amide bonds. The Morgan fingerprint density at radius 3 is 2.80 bits per heavy atom. The third kappa shape index (κ3) is 3.66. The maximum atomic E-state index is 11.4. The van der Waals surface area contributed by atoms with Crippen LogP contribution in [0.1, 0.15) is 26.0 Å². The van der Waals surface area contributed by atoms with Crippen molar-refractivity contribution < 1.29 is 4.79 Å². The summed E-state index contributed by atoms with van der Waals surface area (Å²) in [6.07, 6.45) is 2.21. The number of aromatic nitrogens is 2. The molecule has 0 saturated carbocycles. The van der Waals surface area contributed by atoms with Crippen molar-refractivity contribution >= 4 is 21.8 Å². The first kappa shape index (κ1) is 12.2. The lowest BCUT2D eigenvalue weighted by molar-refractivity contribution is -0.121. The van der Waals surface area contributed by atoms with Crippen LogP contribution in [0.5, 0.6) is 0 Å². The Balaban J connectivity index is 2.44. The number of halogens is 1. The quantitative estimate of drug-likeness (QED) is 0.911. The van der Waals surface area contributed by atoms with Gasteiger partial charge in [-0.3, -0.25) is 9.48 Å². The molecule has 0 fully saturated rings. The zero-order valence-electron chi connectivity index (χ0n) is 9.25. The molecule has 0 aliphatic carbocycles. The molecule has 5 heteroatoms. The molecule has 0 bridgehead atoms. The van der Waals surface area contributed by atoms with Gasteiger partial charge in [0.2, 0.25) is 5.91 Å². The van der Waals surface area contributed by atoms with Crippen LogP contribution in [0.15, 0.2) is 10.7 Å². The number of aryl methyl sites for hydroxylation is 1. The average molecular weight is 274 g/mol. The summed E-state index contributed by atoms with van der Waals surface area (Å²) in [5.74, 6) is 0.0658. The minimum atomic E-state index is 0.0658. The molecule has 0 unspecified atom stereocenters. The van der Waals surface area contributed by atoms with Crippen LogP contribution in [-0.4, -0.2) is 21.7 Å². The van der Waals surface area contributed by atoms with E-state index >= 15 is 0 Å². The van der Waals surface area contributed by atoms with Crippen molar-refractivity contribution in [3.05, 3.63) is 16.4 Å². The maximum absolute atomic E-state index is 11.4. The highest BCUT2D eigenvalue weighted by Gasteiger charge is 2.07. The van der Waals surface area contributed by atoms with E-state index in [0.29, 0.717) is 13.0 Å². The minimum Gasteiger partial charge on any atom is -0.354 e. The largest absolute Gasteiger partial charge is 0.354 e. The van der Waals surface area contributed by atoms with Crippen molar-refractivity contribution in [2.24, 2.45) is 0 Å². The van der Waals surface area contributed by atoms with E-state index in [-0.39, 0.29) is 11.9 Å². The molecule has 1 rings (SSSR count). The Labute approximate surface area is 98.2 Å². The van der Waals surface area contributed by atoms with E-state index < -0.39 is 0 Å². The van der Waals surface area contributed by atoms with Crippen molar-refractivity contribution in [2.75, 3.05) is 0 Å². The minimum absolute atomic E-state index is 0.0658. The van der Waals surface area contributed by atoms with Gasteiger partial charge in [0.05, 0.1) is 10.7 Å². The normalized spacial score (nSPS) is 10.7. The van der Waals surface area contributed by atoms with Crippen LogP contribution >= 0.6 is 15.9 Å². The zero-order chi connectivity index (χ0) is 11.4.